The molecule has 0 atom stereocenters. The largest absolute Gasteiger partial charge is 0.453 e. The van der Waals surface area contributed by atoms with Gasteiger partial charge in [0, 0.05) is 5.39 Å². The van der Waals surface area contributed by atoms with Crippen LogP contribution in [0.5, 0.6) is 0 Å². The number of Topliss-reactive ketones (excluding diaryl/α,β-unsaturated/α-hetero) is 1. The predicted octanol–water partition coefficient (Wildman–Crippen LogP) is 4.54. The zero-order valence-corrected chi connectivity index (χ0v) is 11.7. The summed E-state index contributed by atoms with van der Waals surface area (Å²) in [4.78, 5) is 12.1. The lowest BCUT2D eigenvalue weighted by Crippen LogP contribution is -2.04. The van der Waals surface area contributed by atoms with Crippen molar-refractivity contribution in [2.45, 2.75) is 25.7 Å². The van der Waals surface area contributed by atoms with E-state index in [1.165, 1.54) is 25.7 Å². The van der Waals surface area contributed by atoms with Crippen LogP contribution in [0.4, 0.5) is 0 Å². The van der Waals surface area contributed by atoms with Crippen LogP contribution in [-0.4, -0.2) is 17.3 Å². The molecule has 0 saturated heterocycles. The third-order valence-electron chi connectivity index (χ3n) is 3.76. The predicted molar refractivity (Wildman–Crippen MR) is 79.8 cm³/mol. The number of ketones is 1. The minimum atomic E-state index is 0.110. The first-order valence-corrected chi connectivity index (χ1v) is 8.08. The van der Waals surface area contributed by atoms with Crippen LogP contribution in [0.15, 0.2) is 34.7 Å². The molecule has 1 heterocycles. The Bertz CT molecular complexity index is 534. The second-order valence-corrected chi connectivity index (χ2v) is 6.27. The first kappa shape index (κ1) is 12.8. The van der Waals surface area contributed by atoms with E-state index in [1.807, 2.05) is 30.3 Å². The summed E-state index contributed by atoms with van der Waals surface area (Å²) >= 11 is 1.75. The van der Waals surface area contributed by atoms with E-state index in [1.54, 1.807) is 11.8 Å². The monoisotopic (exact) mass is 274 g/mol. The van der Waals surface area contributed by atoms with Gasteiger partial charge in [-0.25, -0.2) is 0 Å². The molecule has 19 heavy (non-hydrogen) atoms. The molecule has 1 aromatic carbocycles. The van der Waals surface area contributed by atoms with Crippen molar-refractivity contribution in [2.24, 2.45) is 5.92 Å². The number of para-hydroxylation sites is 1. The first-order chi connectivity index (χ1) is 9.33. The van der Waals surface area contributed by atoms with Crippen molar-refractivity contribution in [3.63, 3.8) is 0 Å². The third kappa shape index (κ3) is 3.03. The molecule has 0 spiro atoms. The molecule has 1 aliphatic rings. The van der Waals surface area contributed by atoms with Gasteiger partial charge in [-0.3, -0.25) is 4.79 Å². The average molecular weight is 274 g/mol. The topological polar surface area (TPSA) is 30.2 Å². The lowest BCUT2D eigenvalue weighted by molar-refractivity contribution is 0.0994. The van der Waals surface area contributed by atoms with Crippen LogP contribution in [0, 0.1) is 5.92 Å². The Morgan fingerprint density at radius 3 is 2.84 bits per heavy atom. The zero-order chi connectivity index (χ0) is 13.1. The SMILES string of the molecule is O=C(CSCC1CCCC1)c1cc2ccccc2o1. The van der Waals surface area contributed by atoms with Gasteiger partial charge in [0.1, 0.15) is 5.58 Å². The van der Waals surface area contributed by atoms with Crippen molar-refractivity contribution >= 4 is 28.5 Å². The van der Waals surface area contributed by atoms with Crippen LogP contribution >= 0.6 is 11.8 Å². The van der Waals surface area contributed by atoms with E-state index in [0.29, 0.717) is 11.5 Å². The zero-order valence-electron chi connectivity index (χ0n) is 10.9. The number of carbonyl (C=O) groups is 1. The summed E-state index contributed by atoms with van der Waals surface area (Å²) in [5.41, 5.74) is 0.798. The van der Waals surface area contributed by atoms with Gasteiger partial charge in [-0.1, -0.05) is 31.0 Å². The van der Waals surface area contributed by atoms with Crippen molar-refractivity contribution in [3.8, 4) is 0 Å². The summed E-state index contributed by atoms with van der Waals surface area (Å²) in [6, 6.07) is 9.61. The number of benzene rings is 1. The maximum atomic E-state index is 12.1. The molecule has 1 aliphatic carbocycles. The summed E-state index contributed by atoms with van der Waals surface area (Å²) in [6.07, 6.45) is 5.41. The van der Waals surface area contributed by atoms with Crippen LogP contribution in [-0.2, 0) is 0 Å². The Labute approximate surface area is 117 Å². The highest BCUT2D eigenvalue weighted by atomic mass is 32.2. The van der Waals surface area contributed by atoms with Gasteiger partial charge < -0.3 is 4.42 Å². The molecule has 1 saturated carbocycles. The highest BCUT2D eigenvalue weighted by molar-refractivity contribution is 7.99. The summed E-state index contributed by atoms with van der Waals surface area (Å²) in [6.45, 7) is 0. The number of carbonyl (C=O) groups excluding carboxylic acids is 1. The van der Waals surface area contributed by atoms with E-state index in [4.69, 9.17) is 4.42 Å². The van der Waals surface area contributed by atoms with Crippen molar-refractivity contribution in [2.75, 3.05) is 11.5 Å². The van der Waals surface area contributed by atoms with Gasteiger partial charge in [0.25, 0.3) is 0 Å². The molecule has 2 nitrogen and oxygen atoms in total. The van der Waals surface area contributed by atoms with Crippen molar-refractivity contribution in [1.82, 2.24) is 0 Å². The molecule has 0 radical (unpaired) electrons. The molecule has 100 valence electrons. The fourth-order valence-corrected chi connectivity index (χ4v) is 3.80. The van der Waals surface area contributed by atoms with Crippen LogP contribution < -0.4 is 0 Å². The summed E-state index contributed by atoms with van der Waals surface area (Å²) in [5.74, 6) is 3.09. The minimum Gasteiger partial charge on any atom is -0.453 e. The molecular formula is C16H18O2S. The summed E-state index contributed by atoms with van der Waals surface area (Å²) < 4.78 is 5.59. The molecule has 0 bridgehead atoms. The molecule has 3 rings (SSSR count). The van der Waals surface area contributed by atoms with Gasteiger partial charge in [0.15, 0.2) is 5.76 Å². The van der Waals surface area contributed by atoms with Crippen LogP contribution in [0.25, 0.3) is 11.0 Å². The molecule has 0 unspecified atom stereocenters. The van der Waals surface area contributed by atoms with E-state index in [9.17, 15) is 4.79 Å². The third-order valence-corrected chi connectivity index (χ3v) is 4.94. The Kier molecular flexibility index (Phi) is 3.92. The van der Waals surface area contributed by atoms with Crippen LogP contribution in [0.2, 0.25) is 0 Å². The second kappa shape index (κ2) is 5.83. The smallest absolute Gasteiger partial charge is 0.207 e. The molecule has 1 aromatic heterocycles. The number of furan rings is 1. The highest BCUT2D eigenvalue weighted by Crippen LogP contribution is 2.28. The Morgan fingerprint density at radius 1 is 1.26 bits per heavy atom. The number of rotatable bonds is 5. The fraction of sp³-hybridized carbons (Fsp3) is 0.438. The maximum absolute atomic E-state index is 12.1. The Balaban J connectivity index is 1.57. The quantitative estimate of drug-likeness (QED) is 0.750. The van der Waals surface area contributed by atoms with Gasteiger partial charge in [-0.15, -0.1) is 0 Å². The maximum Gasteiger partial charge on any atom is 0.207 e. The lowest BCUT2D eigenvalue weighted by Gasteiger charge is -2.06. The second-order valence-electron chi connectivity index (χ2n) is 5.24. The van der Waals surface area contributed by atoms with Crippen LogP contribution in [0.1, 0.15) is 36.2 Å². The molecule has 1 fully saturated rings. The van der Waals surface area contributed by atoms with Gasteiger partial charge >= 0.3 is 0 Å². The van der Waals surface area contributed by atoms with E-state index in [-0.39, 0.29) is 5.78 Å². The van der Waals surface area contributed by atoms with E-state index < -0.39 is 0 Å². The lowest BCUT2D eigenvalue weighted by atomic mass is 10.1. The standard InChI is InChI=1S/C16H18O2S/c17-14(11-19-10-12-5-1-2-6-12)16-9-13-7-3-4-8-15(13)18-16/h3-4,7-9,12H,1-2,5-6,10-11H2. The summed E-state index contributed by atoms with van der Waals surface area (Å²) in [7, 11) is 0. The van der Waals surface area contributed by atoms with E-state index in [0.717, 1.165) is 22.6 Å². The molecule has 0 aliphatic heterocycles. The molecule has 0 N–H and O–H groups in total. The number of hydrogen-bond donors (Lipinski definition) is 0. The number of fused-ring (bicyclic) bond motifs is 1. The average Bonchev–Trinajstić information content (AvgIpc) is 3.07. The van der Waals surface area contributed by atoms with Crippen LogP contribution in [0.3, 0.4) is 0 Å². The highest BCUT2D eigenvalue weighted by Gasteiger charge is 2.17. The summed E-state index contributed by atoms with van der Waals surface area (Å²) in [5, 5.41) is 1.01. The van der Waals surface area contributed by atoms with Gasteiger partial charge in [0.05, 0.1) is 5.75 Å². The van der Waals surface area contributed by atoms with Gasteiger partial charge in [-0.05, 0) is 36.6 Å². The number of thioether (sulfide) groups is 1. The normalized spacial score (nSPS) is 16.2. The van der Waals surface area contributed by atoms with Gasteiger partial charge in [-0.2, -0.15) is 11.8 Å². The Morgan fingerprint density at radius 2 is 2.05 bits per heavy atom. The molecule has 3 heteroatoms. The van der Waals surface area contributed by atoms with Gasteiger partial charge in [0.2, 0.25) is 5.78 Å². The van der Waals surface area contributed by atoms with Crippen molar-refractivity contribution < 1.29 is 9.21 Å². The number of hydrogen-bond acceptors (Lipinski definition) is 3. The Hall–Kier alpha value is -1.22. The van der Waals surface area contributed by atoms with Crippen molar-refractivity contribution in [3.05, 3.63) is 36.1 Å². The first-order valence-electron chi connectivity index (χ1n) is 6.92. The van der Waals surface area contributed by atoms with Crippen molar-refractivity contribution in [1.29, 1.82) is 0 Å². The minimum absolute atomic E-state index is 0.110. The fourth-order valence-electron chi connectivity index (χ4n) is 2.69. The molecular weight excluding hydrogens is 256 g/mol. The molecule has 2 aromatic rings. The molecule has 0 amide bonds. The van der Waals surface area contributed by atoms with E-state index >= 15 is 0 Å². The van der Waals surface area contributed by atoms with E-state index in [2.05, 4.69) is 0 Å².